The van der Waals surface area contributed by atoms with E-state index >= 15 is 0 Å². The van der Waals surface area contributed by atoms with Crippen molar-refractivity contribution in [3.63, 3.8) is 0 Å². The molecular weight excluding hydrogens is 203 g/mol. The molecule has 0 aliphatic heterocycles. The normalized spacial score (nSPS) is 18.9. The van der Waals surface area contributed by atoms with Gasteiger partial charge in [-0.15, -0.1) is 0 Å². The molecular formula is C11H12F3N. The summed E-state index contributed by atoms with van der Waals surface area (Å²) in [5.41, 5.74) is 6.06. The standard InChI is InChI=1S/C11H12F3N/c12-11(13,14)9-5-3-8(4-6-9)10(15)7-1-2-7/h3-7,10H,1-2,15H2/t10-/m1/s1. The van der Waals surface area contributed by atoms with E-state index in [1.54, 1.807) is 0 Å². The number of nitrogens with two attached hydrogens (primary N) is 1. The summed E-state index contributed by atoms with van der Waals surface area (Å²) in [4.78, 5) is 0. The number of rotatable bonds is 2. The van der Waals surface area contributed by atoms with E-state index < -0.39 is 11.7 Å². The van der Waals surface area contributed by atoms with Crippen LogP contribution >= 0.6 is 0 Å². The molecule has 0 bridgehead atoms. The van der Waals surface area contributed by atoms with Crippen LogP contribution in [-0.4, -0.2) is 0 Å². The number of alkyl halides is 3. The monoisotopic (exact) mass is 215 g/mol. The Kier molecular flexibility index (Phi) is 2.46. The van der Waals surface area contributed by atoms with Crippen molar-refractivity contribution in [2.45, 2.75) is 25.1 Å². The predicted molar refractivity (Wildman–Crippen MR) is 51.1 cm³/mol. The van der Waals surface area contributed by atoms with Crippen LogP contribution in [-0.2, 0) is 6.18 Å². The van der Waals surface area contributed by atoms with E-state index in [0.717, 1.165) is 30.5 Å². The van der Waals surface area contributed by atoms with Gasteiger partial charge in [0.25, 0.3) is 0 Å². The van der Waals surface area contributed by atoms with Gasteiger partial charge in [-0.1, -0.05) is 12.1 Å². The first-order valence-corrected chi connectivity index (χ1v) is 4.91. The summed E-state index contributed by atoms with van der Waals surface area (Å²) in [7, 11) is 0. The van der Waals surface area contributed by atoms with Crippen molar-refractivity contribution >= 4 is 0 Å². The molecule has 1 nitrogen and oxygen atoms in total. The lowest BCUT2D eigenvalue weighted by Gasteiger charge is -2.12. The highest BCUT2D eigenvalue weighted by molar-refractivity contribution is 5.27. The first-order chi connectivity index (χ1) is 6.98. The fourth-order valence-electron chi connectivity index (χ4n) is 1.62. The van der Waals surface area contributed by atoms with Gasteiger partial charge < -0.3 is 5.73 Å². The van der Waals surface area contributed by atoms with Gasteiger partial charge in [-0.05, 0) is 36.5 Å². The van der Waals surface area contributed by atoms with Crippen molar-refractivity contribution < 1.29 is 13.2 Å². The average Bonchev–Trinajstić information content (AvgIpc) is 2.99. The van der Waals surface area contributed by atoms with Crippen LogP contribution in [0.3, 0.4) is 0 Å². The highest BCUT2D eigenvalue weighted by Gasteiger charge is 2.32. The molecule has 0 heterocycles. The predicted octanol–water partition coefficient (Wildman–Crippen LogP) is 3.12. The minimum absolute atomic E-state index is 0.104. The maximum atomic E-state index is 12.3. The van der Waals surface area contributed by atoms with Crippen molar-refractivity contribution in [2.75, 3.05) is 0 Å². The molecule has 1 saturated carbocycles. The Bertz CT molecular complexity index is 338. The van der Waals surface area contributed by atoms with Gasteiger partial charge in [0.15, 0.2) is 0 Å². The molecule has 4 heteroatoms. The van der Waals surface area contributed by atoms with E-state index in [-0.39, 0.29) is 6.04 Å². The van der Waals surface area contributed by atoms with Gasteiger partial charge in [0.05, 0.1) is 5.56 Å². The van der Waals surface area contributed by atoms with Crippen molar-refractivity contribution in [3.8, 4) is 0 Å². The van der Waals surface area contributed by atoms with Gasteiger partial charge in [-0.25, -0.2) is 0 Å². The van der Waals surface area contributed by atoms with E-state index in [0.29, 0.717) is 5.92 Å². The van der Waals surface area contributed by atoms with Gasteiger partial charge in [-0.2, -0.15) is 13.2 Å². The number of hydrogen-bond acceptors (Lipinski definition) is 1. The van der Waals surface area contributed by atoms with Gasteiger partial charge in [-0.3, -0.25) is 0 Å². The Morgan fingerprint density at radius 1 is 1.13 bits per heavy atom. The van der Waals surface area contributed by atoms with E-state index in [9.17, 15) is 13.2 Å². The fourth-order valence-corrected chi connectivity index (χ4v) is 1.62. The van der Waals surface area contributed by atoms with Crippen LogP contribution in [0.1, 0.15) is 30.0 Å². The van der Waals surface area contributed by atoms with E-state index in [2.05, 4.69) is 0 Å². The molecule has 1 aromatic carbocycles. The minimum Gasteiger partial charge on any atom is -0.324 e. The molecule has 0 unspecified atom stereocenters. The summed E-state index contributed by atoms with van der Waals surface area (Å²) in [6.07, 6.45) is -2.09. The van der Waals surface area contributed by atoms with Crippen molar-refractivity contribution in [3.05, 3.63) is 35.4 Å². The summed E-state index contributed by atoms with van der Waals surface area (Å²) in [5, 5.41) is 0. The molecule has 0 saturated heterocycles. The van der Waals surface area contributed by atoms with E-state index in [1.807, 2.05) is 0 Å². The Labute approximate surface area is 86.1 Å². The molecule has 0 spiro atoms. The van der Waals surface area contributed by atoms with Crippen LogP contribution in [0, 0.1) is 5.92 Å². The third-order valence-electron chi connectivity index (χ3n) is 2.75. The Balaban J connectivity index is 2.16. The molecule has 2 N–H and O–H groups in total. The third-order valence-corrected chi connectivity index (χ3v) is 2.75. The second-order valence-corrected chi connectivity index (χ2v) is 3.98. The molecule has 1 aliphatic carbocycles. The molecule has 0 aromatic heterocycles. The molecule has 0 radical (unpaired) electrons. The van der Waals surface area contributed by atoms with Crippen LogP contribution in [0.4, 0.5) is 13.2 Å². The lowest BCUT2D eigenvalue weighted by molar-refractivity contribution is -0.137. The summed E-state index contributed by atoms with van der Waals surface area (Å²) >= 11 is 0. The molecule has 1 fully saturated rings. The maximum Gasteiger partial charge on any atom is 0.416 e. The van der Waals surface area contributed by atoms with E-state index in [1.165, 1.54) is 12.1 Å². The van der Waals surface area contributed by atoms with Crippen molar-refractivity contribution in [1.82, 2.24) is 0 Å². The van der Waals surface area contributed by atoms with Crippen LogP contribution in [0.15, 0.2) is 24.3 Å². The van der Waals surface area contributed by atoms with Crippen LogP contribution in [0.5, 0.6) is 0 Å². The zero-order valence-corrected chi connectivity index (χ0v) is 8.09. The molecule has 82 valence electrons. The first-order valence-electron chi connectivity index (χ1n) is 4.91. The summed E-state index contributed by atoms with van der Waals surface area (Å²) in [5.74, 6) is 0.460. The lowest BCUT2D eigenvalue weighted by Crippen LogP contribution is -2.13. The zero-order chi connectivity index (χ0) is 11.1. The number of benzene rings is 1. The summed E-state index contributed by atoms with van der Waals surface area (Å²) < 4.78 is 36.8. The molecule has 2 rings (SSSR count). The highest BCUT2D eigenvalue weighted by atomic mass is 19.4. The quantitative estimate of drug-likeness (QED) is 0.805. The Hall–Kier alpha value is -1.03. The minimum atomic E-state index is -4.26. The largest absolute Gasteiger partial charge is 0.416 e. The summed E-state index contributed by atoms with van der Waals surface area (Å²) in [6, 6.07) is 5.04. The SMILES string of the molecule is N[C@@H](c1ccc(C(F)(F)F)cc1)C1CC1. The van der Waals surface area contributed by atoms with Gasteiger partial charge in [0.2, 0.25) is 0 Å². The topological polar surface area (TPSA) is 26.0 Å². The second-order valence-electron chi connectivity index (χ2n) is 3.98. The zero-order valence-electron chi connectivity index (χ0n) is 8.09. The van der Waals surface area contributed by atoms with Gasteiger partial charge in [0.1, 0.15) is 0 Å². The summed E-state index contributed by atoms with van der Waals surface area (Å²) in [6.45, 7) is 0. The molecule has 15 heavy (non-hydrogen) atoms. The maximum absolute atomic E-state index is 12.3. The molecule has 1 atom stereocenters. The molecule has 1 aromatic rings. The number of halogens is 3. The third kappa shape index (κ3) is 2.31. The average molecular weight is 215 g/mol. The van der Waals surface area contributed by atoms with Crippen LogP contribution in [0.25, 0.3) is 0 Å². The van der Waals surface area contributed by atoms with E-state index in [4.69, 9.17) is 5.73 Å². The van der Waals surface area contributed by atoms with Crippen LogP contribution in [0.2, 0.25) is 0 Å². The number of hydrogen-bond donors (Lipinski definition) is 1. The fraction of sp³-hybridized carbons (Fsp3) is 0.455. The van der Waals surface area contributed by atoms with Crippen molar-refractivity contribution in [2.24, 2.45) is 11.7 Å². The van der Waals surface area contributed by atoms with Crippen molar-refractivity contribution in [1.29, 1.82) is 0 Å². The molecule has 1 aliphatic rings. The Morgan fingerprint density at radius 2 is 1.67 bits per heavy atom. The second kappa shape index (κ2) is 3.52. The van der Waals surface area contributed by atoms with Gasteiger partial charge in [0, 0.05) is 6.04 Å². The first kappa shape index (κ1) is 10.5. The molecule has 0 amide bonds. The Morgan fingerprint density at radius 3 is 2.07 bits per heavy atom. The highest BCUT2D eigenvalue weighted by Crippen LogP contribution is 2.40. The smallest absolute Gasteiger partial charge is 0.324 e. The van der Waals surface area contributed by atoms with Crippen LogP contribution < -0.4 is 5.73 Å². The lowest BCUT2D eigenvalue weighted by atomic mass is 10.0. The van der Waals surface area contributed by atoms with Gasteiger partial charge >= 0.3 is 6.18 Å².